The lowest BCUT2D eigenvalue weighted by molar-refractivity contribution is -0.134. The molecule has 0 radical (unpaired) electrons. The van der Waals surface area contributed by atoms with E-state index < -0.39 is 0 Å². The summed E-state index contributed by atoms with van der Waals surface area (Å²) in [5.41, 5.74) is 2.19. The van der Waals surface area contributed by atoms with E-state index in [4.69, 9.17) is 4.74 Å². The number of ether oxygens (including phenoxy) is 1. The Morgan fingerprint density at radius 3 is 2.52 bits per heavy atom. The van der Waals surface area contributed by atoms with Crippen molar-refractivity contribution in [1.29, 1.82) is 0 Å². The molecule has 33 heavy (non-hydrogen) atoms. The van der Waals surface area contributed by atoms with Crippen molar-refractivity contribution in [2.75, 3.05) is 26.7 Å². The Kier molecular flexibility index (Phi) is 10.3. The minimum absolute atomic E-state index is 0.0367. The third-order valence-electron chi connectivity index (χ3n) is 5.71. The van der Waals surface area contributed by atoms with Crippen LogP contribution in [0.1, 0.15) is 52.3 Å². The number of carbonyl (C=O) groups is 2. The molecular weight excluding hydrogens is 416 g/mol. The fraction of sp³-hybridized carbons (Fsp3) is 0.538. The van der Waals surface area contributed by atoms with Gasteiger partial charge in [-0.2, -0.15) is 0 Å². The van der Waals surface area contributed by atoms with E-state index >= 15 is 0 Å². The summed E-state index contributed by atoms with van der Waals surface area (Å²) in [6, 6.07) is 11.9. The summed E-state index contributed by atoms with van der Waals surface area (Å²) in [4.78, 5) is 29.5. The maximum atomic E-state index is 13.4. The molecule has 1 atom stereocenters. The summed E-state index contributed by atoms with van der Waals surface area (Å²) in [6.45, 7) is 12.5. The van der Waals surface area contributed by atoms with Crippen molar-refractivity contribution in [2.24, 2.45) is 5.92 Å². The molecule has 0 aliphatic carbocycles. The highest BCUT2D eigenvalue weighted by molar-refractivity contribution is 5.84. The number of carbonyl (C=O) groups excluding carboxylic acids is 2. The maximum Gasteiger partial charge on any atom is 0.317 e. The average molecular weight is 457 g/mol. The summed E-state index contributed by atoms with van der Waals surface area (Å²) in [6.07, 6.45) is 2.88. The van der Waals surface area contributed by atoms with Gasteiger partial charge >= 0.3 is 6.03 Å². The first kappa shape index (κ1) is 26.3. The molecule has 182 valence electrons. The van der Waals surface area contributed by atoms with Crippen molar-refractivity contribution in [3.8, 4) is 5.75 Å². The molecule has 3 amide bonds. The van der Waals surface area contributed by atoms with Crippen LogP contribution < -0.4 is 10.1 Å². The molecule has 2 aromatic rings. The molecule has 1 aromatic carbocycles. The standard InChI is InChI=1S/C26H40N4O3/c1-7-21(5)30(25(31)19-29(16-20(3)4)26(32)27-8-2)18-23-12-10-14-28(23)17-22-11-9-13-24(15-22)33-6/h9-15,20-21H,7-8,16-19H2,1-6H3,(H,27,32). The van der Waals surface area contributed by atoms with E-state index in [9.17, 15) is 9.59 Å². The van der Waals surface area contributed by atoms with E-state index in [-0.39, 0.29) is 30.4 Å². The summed E-state index contributed by atoms with van der Waals surface area (Å²) < 4.78 is 7.51. The zero-order valence-corrected chi connectivity index (χ0v) is 21.0. The number of aromatic nitrogens is 1. The molecule has 7 nitrogen and oxygen atoms in total. The van der Waals surface area contributed by atoms with Gasteiger partial charge < -0.3 is 24.4 Å². The van der Waals surface area contributed by atoms with Gasteiger partial charge in [-0.05, 0) is 56.0 Å². The molecule has 0 fully saturated rings. The van der Waals surface area contributed by atoms with Gasteiger partial charge in [-0.3, -0.25) is 4.79 Å². The Morgan fingerprint density at radius 2 is 1.88 bits per heavy atom. The van der Waals surface area contributed by atoms with Gasteiger partial charge in [0.2, 0.25) is 5.91 Å². The zero-order valence-electron chi connectivity index (χ0n) is 21.0. The van der Waals surface area contributed by atoms with Crippen LogP contribution in [0.2, 0.25) is 0 Å². The zero-order chi connectivity index (χ0) is 24.4. The fourth-order valence-electron chi connectivity index (χ4n) is 3.78. The van der Waals surface area contributed by atoms with Crippen molar-refractivity contribution in [1.82, 2.24) is 19.7 Å². The molecule has 0 aliphatic heterocycles. The van der Waals surface area contributed by atoms with Crippen LogP contribution in [-0.4, -0.2) is 59.1 Å². The summed E-state index contributed by atoms with van der Waals surface area (Å²) in [7, 11) is 1.67. The summed E-state index contributed by atoms with van der Waals surface area (Å²) in [5, 5.41) is 2.83. The lowest BCUT2D eigenvalue weighted by atomic mass is 10.1. The monoisotopic (exact) mass is 456 g/mol. The highest BCUT2D eigenvalue weighted by atomic mass is 16.5. The van der Waals surface area contributed by atoms with E-state index in [1.165, 1.54) is 0 Å². The minimum Gasteiger partial charge on any atom is -0.497 e. The molecule has 1 heterocycles. The van der Waals surface area contributed by atoms with E-state index in [1.54, 1.807) is 12.0 Å². The second-order valence-corrected chi connectivity index (χ2v) is 8.87. The lowest BCUT2D eigenvalue weighted by Crippen LogP contribution is -2.49. The second kappa shape index (κ2) is 12.9. The summed E-state index contributed by atoms with van der Waals surface area (Å²) in [5.74, 6) is 1.07. The molecule has 0 aliphatic rings. The predicted octanol–water partition coefficient (Wildman–Crippen LogP) is 4.36. The largest absolute Gasteiger partial charge is 0.497 e. The molecule has 0 spiro atoms. The Bertz CT molecular complexity index is 893. The van der Waals surface area contributed by atoms with E-state index in [2.05, 4.69) is 49.7 Å². The first-order valence-corrected chi connectivity index (χ1v) is 11.9. The maximum absolute atomic E-state index is 13.4. The Morgan fingerprint density at radius 1 is 1.12 bits per heavy atom. The molecule has 7 heteroatoms. The Balaban J connectivity index is 2.19. The molecule has 0 saturated heterocycles. The average Bonchev–Trinajstić information content (AvgIpc) is 3.22. The van der Waals surface area contributed by atoms with E-state index in [0.29, 0.717) is 26.2 Å². The van der Waals surface area contributed by atoms with Crippen LogP contribution in [0, 0.1) is 5.92 Å². The van der Waals surface area contributed by atoms with Crippen molar-refractivity contribution >= 4 is 11.9 Å². The number of nitrogens with one attached hydrogen (secondary N) is 1. The van der Waals surface area contributed by atoms with Crippen LogP contribution in [-0.2, 0) is 17.9 Å². The van der Waals surface area contributed by atoms with Crippen LogP contribution in [0.4, 0.5) is 4.79 Å². The van der Waals surface area contributed by atoms with E-state index in [1.807, 2.05) is 42.3 Å². The molecule has 1 aromatic heterocycles. The highest BCUT2D eigenvalue weighted by Gasteiger charge is 2.25. The second-order valence-electron chi connectivity index (χ2n) is 8.87. The van der Waals surface area contributed by atoms with Gasteiger partial charge in [0.05, 0.1) is 13.7 Å². The normalized spacial score (nSPS) is 11.8. The molecule has 0 bridgehead atoms. The SMILES string of the molecule is CCNC(=O)N(CC(=O)N(Cc1cccn1Cc1cccc(OC)c1)C(C)CC)CC(C)C. The highest BCUT2D eigenvalue weighted by Crippen LogP contribution is 2.17. The molecule has 0 saturated carbocycles. The lowest BCUT2D eigenvalue weighted by Gasteiger charge is -2.32. The van der Waals surface area contributed by atoms with Gasteiger partial charge in [0.15, 0.2) is 0 Å². The number of rotatable bonds is 12. The van der Waals surface area contributed by atoms with Gasteiger partial charge in [-0.1, -0.05) is 32.9 Å². The van der Waals surface area contributed by atoms with Crippen molar-refractivity contribution in [3.05, 3.63) is 53.9 Å². The van der Waals surface area contributed by atoms with Gasteiger partial charge in [0.25, 0.3) is 0 Å². The number of urea groups is 1. The molecule has 2 rings (SSSR count). The quantitative estimate of drug-likeness (QED) is 0.516. The van der Waals surface area contributed by atoms with Crippen molar-refractivity contribution in [2.45, 2.75) is 60.2 Å². The first-order chi connectivity index (χ1) is 15.8. The van der Waals surface area contributed by atoms with Crippen molar-refractivity contribution in [3.63, 3.8) is 0 Å². The van der Waals surface area contributed by atoms with Crippen LogP contribution in [0.5, 0.6) is 5.75 Å². The molecular formula is C26H40N4O3. The van der Waals surface area contributed by atoms with Crippen LogP contribution in [0.25, 0.3) is 0 Å². The van der Waals surface area contributed by atoms with Crippen molar-refractivity contribution < 1.29 is 14.3 Å². The van der Waals surface area contributed by atoms with Gasteiger partial charge in [-0.25, -0.2) is 4.79 Å². The molecule has 1 unspecified atom stereocenters. The van der Waals surface area contributed by atoms with Gasteiger partial charge in [-0.15, -0.1) is 0 Å². The van der Waals surface area contributed by atoms with Gasteiger partial charge in [0.1, 0.15) is 12.3 Å². The first-order valence-electron chi connectivity index (χ1n) is 11.9. The molecule has 1 N–H and O–H groups in total. The Labute approximate surface area is 198 Å². The third kappa shape index (κ3) is 7.84. The number of amides is 3. The van der Waals surface area contributed by atoms with Crippen LogP contribution in [0.3, 0.4) is 0 Å². The van der Waals surface area contributed by atoms with Crippen LogP contribution in [0.15, 0.2) is 42.6 Å². The Hall–Kier alpha value is -2.96. The fourth-order valence-corrected chi connectivity index (χ4v) is 3.78. The third-order valence-corrected chi connectivity index (χ3v) is 5.71. The number of hydrogen-bond donors (Lipinski definition) is 1. The predicted molar refractivity (Wildman–Crippen MR) is 132 cm³/mol. The smallest absolute Gasteiger partial charge is 0.317 e. The number of methoxy groups -OCH3 is 1. The number of benzene rings is 1. The summed E-state index contributed by atoms with van der Waals surface area (Å²) >= 11 is 0. The van der Waals surface area contributed by atoms with Gasteiger partial charge in [0, 0.05) is 37.6 Å². The van der Waals surface area contributed by atoms with E-state index in [0.717, 1.165) is 23.4 Å². The number of nitrogens with zero attached hydrogens (tertiary/aromatic N) is 3. The van der Waals surface area contributed by atoms with Crippen LogP contribution >= 0.6 is 0 Å². The number of hydrogen-bond acceptors (Lipinski definition) is 3. The minimum atomic E-state index is -0.190. The topological polar surface area (TPSA) is 66.8 Å².